The van der Waals surface area contributed by atoms with E-state index < -0.39 is 17.2 Å². The second-order valence-electron chi connectivity index (χ2n) is 6.79. The van der Waals surface area contributed by atoms with E-state index in [0.29, 0.717) is 11.0 Å². The van der Waals surface area contributed by atoms with Crippen molar-refractivity contribution in [1.82, 2.24) is 15.0 Å². The number of nitriles is 1. The highest BCUT2D eigenvalue weighted by Gasteiger charge is 2.36. The molecule has 0 radical (unpaired) electrons. The number of hydrogen-bond acceptors (Lipinski definition) is 4. The number of nitrogens with zero attached hydrogens (tertiary/aromatic N) is 4. The van der Waals surface area contributed by atoms with Crippen molar-refractivity contribution in [3.8, 4) is 6.07 Å². The first-order valence-corrected chi connectivity index (χ1v) is 8.68. The van der Waals surface area contributed by atoms with Crippen molar-refractivity contribution < 1.29 is 13.2 Å². The SMILES string of the molecule is Cc1ccc2nn(CC(C)(C#N)c3cc(C(F)(F)F)ccc3C(N)=S)nc2c1. The zero-order valence-corrected chi connectivity index (χ0v) is 15.9. The van der Waals surface area contributed by atoms with Crippen LogP contribution in [0.4, 0.5) is 13.2 Å². The highest BCUT2D eigenvalue weighted by molar-refractivity contribution is 7.80. The number of hydrogen-bond donors (Lipinski definition) is 1. The summed E-state index contributed by atoms with van der Waals surface area (Å²) in [7, 11) is 0. The van der Waals surface area contributed by atoms with E-state index in [1.54, 1.807) is 6.07 Å². The average Bonchev–Trinajstić information content (AvgIpc) is 3.01. The van der Waals surface area contributed by atoms with Gasteiger partial charge in [0.25, 0.3) is 0 Å². The first-order valence-electron chi connectivity index (χ1n) is 8.28. The number of halogens is 3. The molecule has 2 N–H and O–H groups in total. The Kier molecular flexibility index (Phi) is 4.85. The summed E-state index contributed by atoms with van der Waals surface area (Å²) >= 11 is 4.98. The Balaban J connectivity index is 2.11. The van der Waals surface area contributed by atoms with Crippen LogP contribution in [0.1, 0.15) is 29.2 Å². The van der Waals surface area contributed by atoms with Gasteiger partial charge in [0, 0.05) is 5.56 Å². The third-order valence-electron chi connectivity index (χ3n) is 4.49. The molecule has 0 aliphatic heterocycles. The predicted octanol–water partition coefficient (Wildman–Crippen LogP) is 3.87. The molecule has 0 spiro atoms. The zero-order valence-electron chi connectivity index (χ0n) is 15.1. The fraction of sp³-hybridized carbons (Fsp3) is 0.263. The largest absolute Gasteiger partial charge is 0.416 e. The van der Waals surface area contributed by atoms with Gasteiger partial charge in [0.1, 0.15) is 21.4 Å². The molecule has 0 fully saturated rings. The van der Waals surface area contributed by atoms with Gasteiger partial charge in [0.2, 0.25) is 0 Å². The van der Waals surface area contributed by atoms with Crippen LogP contribution in [-0.2, 0) is 18.1 Å². The Morgan fingerprint density at radius 3 is 2.46 bits per heavy atom. The predicted molar refractivity (Wildman–Crippen MR) is 103 cm³/mol. The van der Waals surface area contributed by atoms with Gasteiger partial charge < -0.3 is 5.73 Å². The molecular weight excluding hydrogens is 387 g/mol. The third kappa shape index (κ3) is 3.68. The van der Waals surface area contributed by atoms with Gasteiger partial charge in [0.05, 0.1) is 18.2 Å². The smallest absolute Gasteiger partial charge is 0.389 e. The fourth-order valence-electron chi connectivity index (χ4n) is 3.00. The van der Waals surface area contributed by atoms with Gasteiger partial charge in [0.15, 0.2) is 0 Å². The molecule has 0 amide bonds. The Labute approximate surface area is 164 Å². The third-order valence-corrected chi connectivity index (χ3v) is 4.71. The van der Waals surface area contributed by atoms with Gasteiger partial charge in [-0.2, -0.15) is 33.4 Å². The van der Waals surface area contributed by atoms with Gasteiger partial charge in [-0.1, -0.05) is 24.4 Å². The summed E-state index contributed by atoms with van der Waals surface area (Å²) in [5.74, 6) is 0. The van der Waals surface area contributed by atoms with Crippen molar-refractivity contribution in [1.29, 1.82) is 5.26 Å². The average molecular weight is 403 g/mol. The molecule has 28 heavy (non-hydrogen) atoms. The molecule has 1 heterocycles. The van der Waals surface area contributed by atoms with Crippen LogP contribution in [0.2, 0.25) is 0 Å². The van der Waals surface area contributed by atoms with Crippen LogP contribution in [0.3, 0.4) is 0 Å². The van der Waals surface area contributed by atoms with Crippen LogP contribution < -0.4 is 5.73 Å². The molecule has 2 aromatic carbocycles. The minimum Gasteiger partial charge on any atom is -0.389 e. The first kappa shape index (κ1) is 19.8. The molecule has 3 aromatic rings. The number of nitrogens with two attached hydrogens (primary N) is 1. The maximum absolute atomic E-state index is 13.2. The molecule has 0 aliphatic carbocycles. The zero-order chi connectivity index (χ0) is 20.7. The number of benzene rings is 2. The second-order valence-corrected chi connectivity index (χ2v) is 7.23. The maximum atomic E-state index is 13.2. The quantitative estimate of drug-likeness (QED) is 0.669. The Bertz CT molecular complexity index is 1110. The van der Waals surface area contributed by atoms with Crippen LogP contribution >= 0.6 is 12.2 Å². The molecule has 3 rings (SSSR count). The highest BCUT2D eigenvalue weighted by atomic mass is 32.1. The second kappa shape index (κ2) is 6.87. The summed E-state index contributed by atoms with van der Waals surface area (Å²) in [6.45, 7) is 3.37. The van der Waals surface area contributed by atoms with Crippen molar-refractivity contribution in [3.05, 3.63) is 58.7 Å². The standard InChI is InChI=1S/C19H16F3N5S/c1-11-3-6-15-16(7-11)26-27(25-15)10-18(2,9-23)14-8-12(19(20,21)22)4-5-13(14)17(24)28/h3-8H,10H2,1-2H3,(H2,24,28). The van der Waals surface area contributed by atoms with Crippen LogP contribution in [0.15, 0.2) is 36.4 Å². The number of aryl methyl sites for hydroxylation is 1. The summed E-state index contributed by atoms with van der Waals surface area (Å²) in [5.41, 5.74) is 6.02. The maximum Gasteiger partial charge on any atom is 0.416 e. The normalized spacial score (nSPS) is 13.9. The fourth-order valence-corrected chi connectivity index (χ4v) is 3.17. The summed E-state index contributed by atoms with van der Waals surface area (Å²) in [6, 6.07) is 10.6. The Morgan fingerprint density at radius 2 is 1.86 bits per heavy atom. The molecular formula is C19H16F3N5S. The van der Waals surface area contributed by atoms with Crippen molar-refractivity contribution in [2.24, 2.45) is 5.73 Å². The van der Waals surface area contributed by atoms with E-state index in [-0.39, 0.29) is 22.7 Å². The van der Waals surface area contributed by atoms with E-state index in [1.807, 2.05) is 19.1 Å². The topological polar surface area (TPSA) is 80.5 Å². The number of aromatic nitrogens is 3. The number of fused-ring (bicyclic) bond motifs is 1. The van der Waals surface area contributed by atoms with Crippen LogP contribution in [-0.4, -0.2) is 20.0 Å². The van der Waals surface area contributed by atoms with Gasteiger partial charge in [-0.15, -0.1) is 0 Å². The lowest BCUT2D eigenvalue weighted by atomic mass is 9.80. The minimum absolute atomic E-state index is 0.0614. The van der Waals surface area contributed by atoms with E-state index in [4.69, 9.17) is 18.0 Å². The van der Waals surface area contributed by atoms with Gasteiger partial charge in [-0.05, 0) is 49.2 Å². The number of thiocarbonyl (C=S) groups is 1. The van der Waals surface area contributed by atoms with E-state index in [0.717, 1.165) is 17.7 Å². The van der Waals surface area contributed by atoms with Crippen molar-refractivity contribution in [2.75, 3.05) is 0 Å². The summed E-state index contributed by atoms with van der Waals surface area (Å²) in [5, 5.41) is 18.5. The van der Waals surface area contributed by atoms with E-state index in [1.165, 1.54) is 17.8 Å². The molecule has 144 valence electrons. The van der Waals surface area contributed by atoms with E-state index in [2.05, 4.69) is 16.3 Å². The highest BCUT2D eigenvalue weighted by Crippen LogP contribution is 2.35. The van der Waals surface area contributed by atoms with Gasteiger partial charge in [-0.3, -0.25) is 0 Å². The van der Waals surface area contributed by atoms with Crippen molar-refractivity contribution in [2.45, 2.75) is 32.0 Å². The monoisotopic (exact) mass is 403 g/mol. The van der Waals surface area contributed by atoms with Crippen LogP contribution in [0.5, 0.6) is 0 Å². The summed E-state index contributed by atoms with van der Waals surface area (Å²) in [6.07, 6.45) is -4.56. The Morgan fingerprint density at radius 1 is 1.18 bits per heavy atom. The van der Waals surface area contributed by atoms with Crippen molar-refractivity contribution >= 4 is 28.2 Å². The Hall–Kier alpha value is -2.99. The lowest BCUT2D eigenvalue weighted by Crippen LogP contribution is -2.31. The molecule has 0 bridgehead atoms. The number of rotatable bonds is 4. The minimum atomic E-state index is -4.56. The molecule has 0 saturated heterocycles. The lowest BCUT2D eigenvalue weighted by molar-refractivity contribution is -0.137. The van der Waals surface area contributed by atoms with Crippen LogP contribution in [0.25, 0.3) is 11.0 Å². The number of alkyl halides is 3. The molecule has 5 nitrogen and oxygen atoms in total. The first-order chi connectivity index (χ1) is 13.0. The van der Waals surface area contributed by atoms with Crippen molar-refractivity contribution in [3.63, 3.8) is 0 Å². The van der Waals surface area contributed by atoms with Crippen LogP contribution in [0, 0.1) is 18.3 Å². The molecule has 0 saturated carbocycles. The van der Waals surface area contributed by atoms with Gasteiger partial charge >= 0.3 is 6.18 Å². The molecule has 1 unspecified atom stereocenters. The van der Waals surface area contributed by atoms with Gasteiger partial charge in [-0.25, -0.2) is 0 Å². The molecule has 9 heteroatoms. The van der Waals surface area contributed by atoms with E-state index >= 15 is 0 Å². The summed E-state index contributed by atoms with van der Waals surface area (Å²) < 4.78 is 39.7. The molecule has 1 atom stereocenters. The molecule has 0 aliphatic rings. The van der Waals surface area contributed by atoms with E-state index in [9.17, 15) is 18.4 Å². The lowest BCUT2D eigenvalue weighted by Gasteiger charge is -2.25. The summed E-state index contributed by atoms with van der Waals surface area (Å²) in [4.78, 5) is 1.23. The molecule has 1 aromatic heterocycles.